The highest BCUT2D eigenvalue weighted by Gasteiger charge is 2.30. The highest BCUT2D eigenvalue weighted by molar-refractivity contribution is 7.47. The van der Waals surface area contributed by atoms with Crippen LogP contribution in [-0.4, -0.2) is 96.7 Å². The summed E-state index contributed by atoms with van der Waals surface area (Å²) in [7, 11) is -9.91. The number of phosphoric acid groups is 2. The molecule has 0 aliphatic rings. The predicted molar refractivity (Wildman–Crippen MR) is 395 cm³/mol. The van der Waals surface area contributed by atoms with Crippen LogP contribution in [0.4, 0.5) is 0 Å². The van der Waals surface area contributed by atoms with E-state index in [0.717, 1.165) is 120 Å². The molecular formula is C78H152O17P2. The Morgan fingerprint density at radius 2 is 0.526 bits per heavy atom. The van der Waals surface area contributed by atoms with Crippen LogP contribution in [0.25, 0.3) is 0 Å². The van der Waals surface area contributed by atoms with Gasteiger partial charge < -0.3 is 33.8 Å². The molecule has 0 aliphatic heterocycles. The van der Waals surface area contributed by atoms with Crippen LogP contribution in [0.1, 0.15) is 402 Å². The topological polar surface area (TPSA) is 237 Å². The fourth-order valence-corrected chi connectivity index (χ4v) is 13.5. The van der Waals surface area contributed by atoms with Gasteiger partial charge in [0.05, 0.1) is 26.4 Å². The number of unbranched alkanes of at least 4 members (excludes halogenated alkanes) is 43. The first kappa shape index (κ1) is 95.1. The summed E-state index contributed by atoms with van der Waals surface area (Å²) in [6.07, 6.45) is 55.7. The molecule has 0 aromatic heterocycles. The fraction of sp³-hybridized carbons (Fsp3) is 0.949. The standard InChI is InChI=1S/C78H152O17P2/c1-8-10-11-12-35-45-52-59-75(80)88-65-73(95-78(83)62-55-48-41-34-33-38-44-51-58-71(7)9-2)67-92-96(84,85)90-63-72(79)64-91-97(86,87)93-68-74(66-89-76(81)60-53-46-39-31-27-23-20-19-22-26-30-37-43-50-57-70(5)6)94-77(82)61-54-47-40-32-28-24-18-16-14-13-15-17-21-25-29-36-42-49-56-69(3)4/h69-74,79H,8-68H2,1-7H3,(H,84,85)(H,86,87)/t71?,72-,73+,74+/m0/s1. The zero-order chi connectivity index (χ0) is 71.6. The zero-order valence-corrected chi connectivity index (χ0v) is 65.3. The van der Waals surface area contributed by atoms with E-state index < -0.39 is 97.5 Å². The van der Waals surface area contributed by atoms with Gasteiger partial charge >= 0.3 is 39.5 Å². The average Bonchev–Trinajstić information content (AvgIpc) is 1.38. The minimum Gasteiger partial charge on any atom is -0.462 e. The third-order valence-corrected chi connectivity index (χ3v) is 20.4. The fourth-order valence-electron chi connectivity index (χ4n) is 11.9. The van der Waals surface area contributed by atoms with Gasteiger partial charge in [0.2, 0.25) is 0 Å². The molecule has 0 fully saturated rings. The van der Waals surface area contributed by atoms with Gasteiger partial charge in [-0.25, -0.2) is 9.13 Å². The highest BCUT2D eigenvalue weighted by atomic mass is 31.2. The van der Waals surface area contributed by atoms with E-state index in [4.69, 9.17) is 37.0 Å². The Labute approximate surface area is 594 Å². The van der Waals surface area contributed by atoms with E-state index in [1.165, 1.54) is 199 Å². The molecule has 0 aromatic rings. The highest BCUT2D eigenvalue weighted by Crippen LogP contribution is 2.45. The van der Waals surface area contributed by atoms with Gasteiger partial charge in [0, 0.05) is 25.7 Å². The Morgan fingerprint density at radius 3 is 0.784 bits per heavy atom. The smallest absolute Gasteiger partial charge is 0.462 e. The van der Waals surface area contributed by atoms with Crippen molar-refractivity contribution < 1.29 is 80.2 Å². The van der Waals surface area contributed by atoms with E-state index in [1.807, 2.05) is 0 Å². The molecule has 17 nitrogen and oxygen atoms in total. The quantitative estimate of drug-likeness (QED) is 0.0222. The predicted octanol–water partition coefficient (Wildman–Crippen LogP) is 23.0. The lowest BCUT2D eigenvalue weighted by Gasteiger charge is -2.21. The number of hydrogen-bond acceptors (Lipinski definition) is 15. The molecule has 0 rings (SSSR count). The van der Waals surface area contributed by atoms with Crippen LogP contribution in [0.15, 0.2) is 0 Å². The monoisotopic (exact) mass is 1420 g/mol. The van der Waals surface area contributed by atoms with Crippen LogP contribution in [0, 0.1) is 17.8 Å². The first-order chi connectivity index (χ1) is 46.8. The average molecular weight is 1420 g/mol. The van der Waals surface area contributed by atoms with Crippen LogP contribution < -0.4 is 0 Å². The number of carbonyl (C=O) groups is 4. The Morgan fingerprint density at radius 1 is 0.299 bits per heavy atom. The molecule has 19 heteroatoms. The summed E-state index contributed by atoms with van der Waals surface area (Å²) in [5.41, 5.74) is 0. The molecule has 0 aliphatic carbocycles. The third kappa shape index (κ3) is 70.9. The Kier molecular flexibility index (Phi) is 67.1. The molecular weight excluding hydrogens is 1270 g/mol. The summed E-state index contributed by atoms with van der Waals surface area (Å²) in [5, 5.41) is 10.6. The van der Waals surface area contributed by atoms with Crippen molar-refractivity contribution in [3.63, 3.8) is 0 Å². The van der Waals surface area contributed by atoms with Crippen molar-refractivity contribution in [1.29, 1.82) is 0 Å². The van der Waals surface area contributed by atoms with E-state index in [9.17, 15) is 43.2 Å². The summed E-state index contributed by atoms with van der Waals surface area (Å²) in [4.78, 5) is 72.7. The molecule has 3 N–H and O–H groups in total. The molecule has 0 saturated carbocycles. The second-order valence-electron chi connectivity index (χ2n) is 29.3. The molecule has 0 aromatic carbocycles. The van der Waals surface area contributed by atoms with Gasteiger partial charge in [0.15, 0.2) is 12.2 Å². The van der Waals surface area contributed by atoms with Gasteiger partial charge in [-0.2, -0.15) is 0 Å². The molecule has 0 amide bonds. The number of phosphoric ester groups is 2. The number of esters is 4. The van der Waals surface area contributed by atoms with Crippen molar-refractivity contribution in [2.24, 2.45) is 17.8 Å². The van der Waals surface area contributed by atoms with Crippen molar-refractivity contribution >= 4 is 39.5 Å². The van der Waals surface area contributed by atoms with E-state index in [1.54, 1.807) is 0 Å². The largest absolute Gasteiger partial charge is 0.472 e. The van der Waals surface area contributed by atoms with Crippen molar-refractivity contribution in [1.82, 2.24) is 0 Å². The molecule has 0 radical (unpaired) electrons. The molecule has 97 heavy (non-hydrogen) atoms. The van der Waals surface area contributed by atoms with Crippen molar-refractivity contribution in [2.75, 3.05) is 39.6 Å². The van der Waals surface area contributed by atoms with E-state index in [-0.39, 0.29) is 25.7 Å². The Bertz CT molecular complexity index is 1890. The van der Waals surface area contributed by atoms with Gasteiger partial charge in [0.25, 0.3) is 0 Å². The Balaban J connectivity index is 5.18. The summed E-state index contributed by atoms with van der Waals surface area (Å²) in [5.74, 6) is 0.268. The maximum absolute atomic E-state index is 13.1. The third-order valence-electron chi connectivity index (χ3n) is 18.5. The number of hydrogen-bond donors (Lipinski definition) is 3. The molecule has 576 valence electrons. The van der Waals surface area contributed by atoms with Gasteiger partial charge in [-0.3, -0.25) is 37.3 Å². The van der Waals surface area contributed by atoms with Crippen LogP contribution in [0.3, 0.4) is 0 Å². The first-order valence-corrected chi connectivity index (χ1v) is 43.4. The lowest BCUT2D eigenvalue weighted by Crippen LogP contribution is -2.30. The Hall–Kier alpha value is -1.94. The van der Waals surface area contributed by atoms with Gasteiger partial charge in [-0.15, -0.1) is 0 Å². The van der Waals surface area contributed by atoms with Crippen LogP contribution in [-0.2, 0) is 65.4 Å². The van der Waals surface area contributed by atoms with Crippen LogP contribution in [0.5, 0.6) is 0 Å². The van der Waals surface area contributed by atoms with E-state index >= 15 is 0 Å². The maximum atomic E-state index is 13.1. The summed E-state index contributed by atoms with van der Waals surface area (Å²) >= 11 is 0. The minimum absolute atomic E-state index is 0.105. The molecule has 0 spiro atoms. The zero-order valence-electron chi connectivity index (χ0n) is 63.5. The van der Waals surface area contributed by atoms with Crippen molar-refractivity contribution in [2.45, 2.75) is 420 Å². The van der Waals surface area contributed by atoms with Crippen molar-refractivity contribution in [3.8, 4) is 0 Å². The van der Waals surface area contributed by atoms with Gasteiger partial charge in [-0.05, 0) is 43.4 Å². The number of aliphatic hydroxyl groups is 1. The molecule has 0 saturated heterocycles. The summed E-state index contributed by atoms with van der Waals surface area (Å²) in [6, 6.07) is 0. The SMILES string of the molecule is CCCCCCCCCC(=O)OC[C@H](COP(=O)(O)OC[C@H](O)COP(=O)(O)OC[C@@H](COC(=O)CCCCCCCCCCCCCCCCC(C)C)OC(=O)CCCCCCCCCCCCCCCCCCCCC(C)C)OC(=O)CCCCCCCCCCC(C)CC. The second kappa shape index (κ2) is 68.5. The summed E-state index contributed by atoms with van der Waals surface area (Å²) < 4.78 is 68.5. The van der Waals surface area contributed by atoms with E-state index in [2.05, 4.69) is 48.5 Å². The lowest BCUT2D eigenvalue weighted by molar-refractivity contribution is -0.161. The van der Waals surface area contributed by atoms with Gasteiger partial charge in [-0.1, -0.05) is 350 Å². The minimum atomic E-state index is -4.96. The normalized spacial score (nSPS) is 14.3. The number of ether oxygens (including phenoxy) is 4. The molecule has 3 unspecified atom stereocenters. The maximum Gasteiger partial charge on any atom is 0.472 e. The lowest BCUT2D eigenvalue weighted by atomic mass is 9.99. The van der Waals surface area contributed by atoms with Crippen LogP contribution in [0.2, 0.25) is 0 Å². The number of carbonyl (C=O) groups excluding carboxylic acids is 4. The second-order valence-corrected chi connectivity index (χ2v) is 32.2. The first-order valence-electron chi connectivity index (χ1n) is 40.4. The summed E-state index contributed by atoms with van der Waals surface area (Å²) in [6.45, 7) is 11.9. The molecule has 6 atom stereocenters. The van der Waals surface area contributed by atoms with Crippen LogP contribution >= 0.6 is 15.6 Å². The van der Waals surface area contributed by atoms with Gasteiger partial charge in [0.1, 0.15) is 19.3 Å². The van der Waals surface area contributed by atoms with Crippen molar-refractivity contribution in [3.05, 3.63) is 0 Å². The molecule has 0 heterocycles. The number of aliphatic hydroxyl groups excluding tert-OH is 1. The molecule has 0 bridgehead atoms. The number of rotatable bonds is 76. The van der Waals surface area contributed by atoms with E-state index in [0.29, 0.717) is 25.7 Å².